The van der Waals surface area contributed by atoms with Gasteiger partial charge in [-0.2, -0.15) is 13.2 Å². The van der Waals surface area contributed by atoms with Gasteiger partial charge >= 0.3 is 6.18 Å². The molecule has 1 amide bonds. The Morgan fingerprint density at radius 2 is 1.97 bits per heavy atom. The largest absolute Gasteiger partial charge is 0.418 e. The molecule has 0 spiro atoms. The molecule has 1 N–H and O–H groups in total. The number of carbonyl (C=O) groups excluding carboxylic acids is 1. The molecule has 3 aromatic rings. The minimum absolute atomic E-state index is 0.100. The average molecular weight is 427 g/mol. The van der Waals surface area contributed by atoms with E-state index in [4.69, 9.17) is 11.6 Å². The van der Waals surface area contributed by atoms with Gasteiger partial charge in [-0.3, -0.25) is 24.3 Å². The number of anilines is 1. The standard InChI is InChI=1S/C17H10ClF3N4O4/c18-9-1-3-14(12(5-9)17(19,20)21)23-15(26)7-24-8-22-13-4-2-10(25(28)29)6-11(13)16(24)27/h1-6,8H,7H2,(H,23,26). The molecule has 0 aliphatic carbocycles. The van der Waals surface area contributed by atoms with Crippen molar-refractivity contribution in [2.24, 2.45) is 0 Å². The second-order valence-corrected chi connectivity index (χ2v) is 6.31. The first-order chi connectivity index (χ1) is 13.6. The van der Waals surface area contributed by atoms with Gasteiger partial charge in [0.25, 0.3) is 11.2 Å². The molecule has 0 atom stereocenters. The number of nitrogens with one attached hydrogen (secondary N) is 1. The third-order valence-electron chi connectivity index (χ3n) is 3.89. The molecular weight excluding hydrogens is 417 g/mol. The Labute approximate surface area is 164 Å². The molecule has 0 aliphatic rings. The number of fused-ring (bicyclic) bond motifs is 1. The summed E-state index contributed by atoms with van der Waals surface area (Å²) < 4.78 is 40.2. The molecule has 2 aromatic carbocycles. The van der Waals surface area contributed by atoms with Crippen molar-refractivity contribution in [2.45, 2.75) is 12.7 Å². The number of nitro groups is 1. The number of amides is 1. The highest BCUT2D eigenvalue weighted by atomic mass is 35.5. The molecule has 3 rings (SSSR count). The van der Waals surface area contributed by atoms with Crippen LogP contribution in [0.2, 0.25) is 5.02 Å². The van der Waals surface area contributed by atoms with Crippen molar-refractivity contribution in [1.29, 1.82) is 0 Å². The van der Waals surface area contributed by atoms with Crippen LogP contribution in [0.4, 0.5) is 24.5 Å². The first kappa shape index (κ1) is 20.3. The first-order valence-corrected chi connectivity index (χ1v) is 8.24. The summed E-state index contributed by atoms with van der Waals surface area (Å²) in [4.78, 5) is 38.8. The van der Waals surface area contributed by atoms with Crippen LogP contribution in [0.1, 0.15) is 5.56 Å². The first-order valence-electron chi connectivity index (χ1n) is 7.86. The smallest absolute Gasteiger partial charge is 0.324 e. The number of hydrogen-bond acceptors (Lipinski definition) is 5. The molecule has 0 unspecified atom stereocenters. The van der Waals surface area contributed by atoms with Crippen LogP contribution in [0.25, 0.3) is 10.9 Å². The van der Waals surface area contributed by atoms with Gasteiger partial charge in [-0.1, -0.05) is 11.6 Å². The minimum atomic E-state index is -4.76. The highest BCUT2D eigenvalue weighted by Crippen LogP contribution is 2.36. The van der Waals surface area contributed by atoms with E-state index in [0.29, 0.717) is 6.07 Å². The maximum absolute atomic E-state index is 13.1. The topological polar surface area (TPSA) is 107 Å². The van der Waals surface area contributed by atoms with Crippen molar-refractivity contribution in [3.05, 3.63) is 73.8 Å². The van der Waals surface area contributed by atoms with Crippen LogP contribution in [0.5, 0.6) is 0 Å². The zero-order valence-corrected chi connectivity index (χ0v) is 15.0. The van der Waals surface area contributed by atoms with E-state index in [2.05, 4.69) is 10.3 Å². The fourth-order valence-electron chi connectivity index (χ4n) is 2.58. The summed E-state index contributed by atoms with van der Waals surface area (Å²) in [6.07, 6.45) is -3.73. The number of halogens is 4. The molecule has 0 bridgehead atoms. The summed E-state index contributed by atoms with van der Waals surface area (Å²) in [5.74, 6) is -0.925. The van der Waals surface area contributed by atoms with Crippen LogP contribution >= 0.6 is 11.6 Å². The van der Waals surface area contributed by atoms with Crippen molar-refractivity contribution in [3.63, 3.8) is 0 Å². The fraction of sp³-hybridized carbons (Fsp3) is 0.118. The van der Waals surface area contributed by atoms with Gasteiger partial charge in [0, 0.05) is 17.2 Å². The Morgan fingerprint density at radius 1 is 1.24 bits per heavy atom. The Hall–Kier alpha value is -3.47. The van der Waals surface area contributed by atoms with Crippen LogP contribution in [0.15, 0.2) is 47.5 Å². The van der Waals surface area contributed by atoms with Crippen LogP contribution in [-0.2, 0) is 17.5 Å². The Balaban J connectivity index is 1.90. The van der Waals surface area contributed by atoms with Gasteiger partial charge in [0.1, 0.15) is 6.54 Å². The zero-order valence-electron chi connectivity index (χ0n) is 14.2. The molecule has 0 fully saturated rings. The van der Waals surface area contributed by atoms with Gasteiger partial charge in [0.05, 0.1) is 33.4 Å². The van der Waals surface area contributed by atoms with Gasteiger partial charge in [0.2, 0.25) is 5.91 Å². The predicted octanol–water partition coefficient (Wildman–Crippen LogP) is 3.62. The van der Waals surface area contributed by atoms with Gasteiger partial charge in [-0.25, -0.2) is 4.98 Å². The molecule has 0 saturated heterocycles. The molecule has 1 heterocycles. The zero-order chi connectivity index (χ0) is 21.3. The predicted molar refractivity (Wildman–Crippen MR) is 97.7 cm³/mol. The van der Waals surface area contributed by atoms with Crippen molar-refractivity contribution >= 4 is 39.8 Å². The van der Waals surface area contributed by atoms with Crippen LogP contribution < -0.4 is 10.9 Å². The van der Waals surface area contributed by atoms with Crippen LogP contribution in [0, 0.1) is 10.1 Å². The summed E-state index contributed by atoms with van der Waals surface area (Å²) >= 11 is 5.59. The molecule has 0 radical (unpaired) electrons. The van der Waals surface area contributed by atoms with E-state index in [9.17, 15) is 32.9 Å². The van der Waals surface area contributed by atoms with Gasteiger partial charge in [0.15, 0.2) is 0 Å². The molecular formula is C17H10ClF3N4O4. The lowest BCUT2D eigenvalue weighted by Crippen LogP contribution is -2.28. The molecule has 1 aromatic heterocycles. The number of nitro benzene ring substituents is 1. The van der Waals surface area contributed by atoms with Crippen molar-refractivity contribution in [2.75, 3.05) is 5.32 Å². The van der Waals surface area contributed by atoms with E-state index in [-0.39, 0.29) is 21.6 Å². The monoisotopic (exact) mass is 426 g/mol. The van der Waals surface area contributed by atoms with E-state index < -0.39 is 40.4 Å². The molecule has 8 nitrogen and oxygen atoms in total. The lowest BCUT2D eigenvalue weighted by atomic mass is 10.1. The third-order valence-corrected chi connectivity index (χ3v) is 4.13. The number of hydrogen-bond donors (Lipinski definition) is 1. The van der Waals surface area contributed by atoms with Gasteiger partial charge < -0.3 is 5.32 Å². The quantitative estimate of drug-likeness (QED) is 0.506. The van der Waals surface area contributed by atoms with Crippen LogP contribution in [-0.4, -0.2) is 20.4 Å². The van der Waals surface area contributed by atoms with Crippen molar-refractivity contribution in [1.82, 2.24) is 9.55 Å². The normalized spacial score (nSPS) is 11.4. The second-order valence-electron chi connectivity index (χ2n) is 5.87. The number of rotatable bonds is 4. The SMILES string of the molecule is O=C(Cn1cnc2ccc([N+](=O)[O-])cc2c1=O)Nc1ccc(Cl)cc1C(F)(F)F. The number of alkyl halides is 3. The summed E-state index contributed by atoms with van der Waals surface area (Å²) in [5.41, 5.74) is -2.58. The fourth-order valence-corrected chi connectivity index (χ4v) is 2.75. The number of nitrogens with zero attached hydrogens (tertiary/aromatic N) is 3. The molecule has 150 valence electrons. The second kappa shape index (κ2) is 7.51. The Bertz CT molecular complexity index is 1190. The number of benzene rings is 2. The lowest BCUT2D eigenvalue weighted by Gasteiger charge is -2.14. The molecule has 29 heavy (non-hydrogen) atoms. The van der Waals surface area contributed by atoms with E-state index in [1.54, 1.807) is 0 Å². The van der Waals surface area contributed by atoms with Crippen LogP contribution in [0.3, 0.4) is 0 Å². The third kappa shape index (κ3) is 4.35. The number of carbonyl (C=O) groups is 1. The van der Waals surface area contributed by atoms with E-state index in [1.165, 1.54) is 18.2 Å². The molecule has 0 aliphatic heterocycles. The highest BCUT2D eigenvalue weighted by molar-refractivity contribution is 6.30. The Kier molecular flexibility index (Phi) is 5.25. The highest BCUT2D eigenvalue weighted by Gasteiger charge is 2.34. The summed E-state index contributed by atoms with van der Waals surface area (Å²) in [5, 5.41) is 12.7. The summed E-state index contributed by atoms with van der Waals surface area (Å²) in [6.45, 7) is -0.648. The van der Waals surface area contributed by atoms with Gasteiger partial charge in [-0.15, -0.1) is 0 Å². The maximum atomic E-state index is 13.1. The van der Waals surface area contributed by atoms with E-state index in [0.717, 1.165) is 23.0 Å². The van der Waals surface area contributed by atoms with E-state index in [1.807, 2.05) is 0 Å². The maximum Gasteiger partial charge on any atom is 0.418 e. The van der Waals surface area contributed by atoms with Crippen molar-refractivity contribution in [3.8, 4) is 0 Å². The van der Waals surface area contributed by atoms with Gasteiger partial charge in [-0.05, 0) is 24.3 Å². The van der Waals surface area contributed by atoms with E-state index >= 15 is 0 Å². The Morgan fingerprint density at radius 3 is 2.62 bits per heavy atom. The lowest BCUT2D eigenvalue weighted by molar-refractivity contribution is -0.384. The average Bonchev–Trinajstić information content (AvgIpc) is 2.64. The molecule has 12 heteroatoms. The minimum Gasteiger partial charge on any atom is -0.324 e. The summed E-state index contributed by atoms with van der Waals surface area (Å²) in [7, 11) is 0. The number of aromatic nitrogens is 2. The number of non-ortho nitro benzene ring substituents is 1. The molecule has 0 saturated carbocycles. The summed E-state index contributed by atoms with van der Waals surface area (Å²) in [6, 6.07) is 6.30. The van der Waals surface area contributed by atoms with Crippen molar-refractivity contribution < 1.29 is 22.9 Å².